The van der Waals surface area contributed by atoms with Crippen LogP contribution >= 0.6 is 11.3 Å². The molecule has 0 amide bonds. The Morgan fingerprint density at radius 3 is 3.00 bits per heavy atom. The van der Waals surface area contributed by atoms with Crippen LogP contribution in [0.15, 0.2) is 0 Å². The van der Waals surface area contributed by atoms with Crippen molar-refractivity contribution in [2.45, 2.75) is 26.2 Å². The third-order valence-electron chi connectivity index (χ3n) is 1.37. The van der Waals surface area contributed by atoms with E-state index in [1.165, 1.54) is 11.3 Å². The molecule has 9 heavy (non-hydrogen) atoms. The molecular formula is C6H9N2S. The molecule has 0 saturated heterocycles. The Labute approximate surface area is 58.9 Å². The zero-order valence-corrected chi connectivity index (χ0v) is 6.40. The minimum atomic E-state index is 0.550. The van der Waals surface area contributed by atoms with Crippen LogP contribution in [0.1, 0.15) is 31.2 Å². The van der Waals surface area contributed by atoms with Crippen molar-refractivity contribution in [3.63, 3.8) is 0 Å². The van der Waals surface area contributed by atoms with E-state index in [1.54, 1.807) is 0 Å². The molecule has 0 N–H and O–H groups in total. The fraction of sp³-hybridized carbons (Fsp3) is 0.667. The molecule has 0 fully saturated rings. The third kappa shape index (κ3) is 1.48. The van der Waals surface area contributed by atoms with Crippen LogP contribution in [0.3, 0.4) is 0 Å². The van der Waals surface area contributed by atoms with E-state index in [4.69, 9.17) is 0 Å². The van der Waals surface area contributed by atoms with E-state index in [0.717, 1.165) is 11.4 Å². The second kappa shape index (κ2) is 2.92. The maximum absolute atomic E-state index is 3.90. The molecule has 0 aliphatic heterocycles. The molecule has 0 aliphatic rings. The highest BCUT2D eigenvalue weighted by atomic mass is 32.1. The van der Waals surface area contributed by atoms with Crippen LogP contribution in [0.25, 0.3) is 0 Å². The van der Waals surface area contributed by atoms with Crippen molar-refractivity contribution in [1.82, 2.24) is 10.2 Å². The second-order valence-corrected chi connectivity index (χ2v) is 2.85. The van der Waals surface area contributed by atoms with Gasteiger partial charge in [0.25, 0.3) is 0 Å². The van der Waals surface area contributed by atoms with Crippen molar-refractivity contribution >= 4 is 11.3 Å². The summed E-state index contributed by atoms with van der Waals surface area (Å²) in [4.78, 5) is 0. The highest BCUT2D eigenvalue weighted by molar-refractivity contribution is 7.08. The maximum Gasteiger partial charge on any atom is 0.178 e. The van der Waals surface area contributed by atoms with Crippen LogP contribution in [-0.4, -0.2) is 10.2 Å². The lowest BCUT2D eigenvalue weighted by molar-refractivity contribution is 0.714. The Balaban J connectivity index is 2.65. The van der Waals surface area contributed by atoms with E-state index in [0.29, 0.717) is 5.92 Å². The van der Waals surface area contributed by atoms with E-state index >= 15 is 0 Å². The molecule has 1 aromatic rings. The first-order chi connectivity index (χ1) is 4.34. The van der Waals surface area contributed by atoms with Gasteiger partial charge in [0.1, 0.15) is 5.01 Å². The Hall–Kier alpha value is -0.440. The molecule has 0 aromatic carbocycles. The number of hydrogen-bond donors (Lipinski definition) is 0. The summed E-state index contributed by atoms with van der Waals surface area (Å²) in [5.74, 6) is 0.550. The molecule has 49 valence electrons. The zero-order valence-electron chi connectivity index (χ0n) is 5.59. The summed E-state index contributed by atoms with van der Waals surface area (Å²) >= 11 is 1.51. The first-order valence-corrected chi connectivity index (χ1v) is 3.85. The Bertz CT molecular complexity index is 160. The van der Waals surface area contributed by atoms with Gasteiger partial charge < -0.3 is 0 Å². The van der Waals surface area contributed by atoms with Gasteiger partial charge in [-0.25, -0.2) is 0 Å². The summed E-state index contributed by atoms with van der Waals surface area (Å²) in [5, 5.41) is 8.63. The second-order valence-electron chi connectivity index (χ2n) is 2.04. The van der Waals surface area contributed by atoms with E-state index in [1.807, 2.05) is 0 Å². The highest BCUT2D eigenvalue weighted by Crippen LogP contribution is 2.18. The smallest absolute Gasteiger partial charge is 0.143 e. The topological polar surface area (TPSA) is 25.8 Å². The molecule has 3 heteroatoms. The Morgan fingerprint density at radius 2 is 2.56 bits per heavy atom. The van der Waals surface area contributed by atoms with Gasteiger partial charge >= 0.3 is 0 Å². The standard InChI is InChI=1S/C6H9N2S/c1-3-5(2)6-8-7-4-9-6/h5H,3H2,1-2H3. The fourth-order valence-corrected chi connectivity index (χ4v) is 1.16. The molecule has 0 saturated carbocycles. The molecule has 1 unspecified atom stereocenters. The minimum absolute atomic E-state index is 0.550. The van der Waals surface area contributed by atoms with Crippen LogP contribution in [0.4, 0.5) is 0 Å². The molecule has 1 rings (SSSR count). The van der Waals surface area contributed by atoms with E-state index in [2.05, 4.69) is 29.6 Å². The van der Waals surface area contributed by atoms with Crippen LogP contribution in [-0.2, 0) is 0 Å². The van der Waals surface area contributed by atoms with Gasteiger partial charge in [-0.3, -0.25) is 0 Å². The van der Waals surface area contributed by atoms with Crippen LogP contribution in [0.2, 0.25) is 0 Å². The Kier molecular flexibility index (Phi) is 2.16. The third-order valence-corrected chi connectivity index (χ3v) is 2.24. The van der Waals surface area contributed by atoms with Gasteiger partial charge in [-0.1, -0.05) is 25.2 Å². The maximum atomic E-state index is 3.90. The monoisotopic (exact) mass is 141 g/mol. The van der Waals surface area contributed by atoms with Gasteiger partial charge in [-0.15, -0.1) is 10.2 Å². The van der Waals surface area contributed by atoms with Crippen molar-refractivity contribution in [3.8, 4) is 0 Å². The molecule has 0 bridgehead atoms. The fourth-order valence-electron chi connectivity index (χ4n) is 0.531. The molecular weight excluding hydrogens is 132 g/mol. The molecule has 0 spiro atoms. The van der Waals surface area contributed by atoms with Crippen LogP contribution in [0.5, 0.6) is 0 Å². The van der Waals surface area contributed by atoms with Crippen LogP contribution in [0, 0.1) is 5.51 Å². The van der Waals surface area contributed by atoms with Crippen molar-refractivity contribution in [1.29, 1.82) is 0 Å². The average molecular weight is 141 g/mol. The normalized spacial score (nSPS) is 13.6. The zero-order chi connectivity index (χ0) is 6.69. The van der Waals surface area contributed by atoms with Gasteiger partial charge in [0, 0.05) is 5.92 Å². The summed E-state index contributed by atoms with van der Waals surface area (Å²) in [6, 6.07) is 0. The minimum Gasteiger partial charge on any atom is -0.143 e. The molecule has 1 aromatic heterocycles. The number of nitrogens with zero attached hydrogens (tertiary/aromatic N) is 2. The van der Waals surface area contributed by atoms with Gasteiger partial charge in [-0.2, -0.15) is 0 Å². The predicted molar refractivity (Wildman–Crippen MR) is 37.5 cm³/mol. The first kappa shape index (κ1) is 6.68. The van der Waals surface area contributed by atoms with Crippen molar-refractivity contribution in [2.24, 2.45) is 0 Å². The molecule has 1 heterocycles. The van der Waals surface area contributed by atoms with Crippen molar-refractivity contribution < 1.29 is 0 Å². The number of rotatable bonds is 2. The largest absolute Gasteiger partial charge is 0.178 e. The summed E-state index contributed by atoms with van der Waals surface area (Å²) in [6.45, 7) is 4.29. The van der Waals surface area contributed by atoms with E-state index in [-0.39, 0.29) is 0 Å². The lowest BCUT2D eigenvalue weighted by Gasteiger charge is -1.99. The van der Waals surface area contributed by atoms with Gasteiger partial charge in [0.05, 0.1) is 0 Å². The molecule has 0 aliphatic carbocycles. The average Bonchev–Trinajstić information content (AvgIpc) is 2.37. The van der Waals surface area contributed by atoms with Crippen molar-refractivity contribution in [2.75, 3.05) is 0 Å². The molecule has 2 nitrogen and oxygen atoms in total. The summed E-state index contributed by atoms with van der Waals surface area (Å²) in [6.07, 6.45) is 1.13. The lowest BCUT2D eigenvalue weighted by Crippen LogP contribution is -1.88. The van der Waals surface area contributed by atoms with Crippen LogP contribution < -0.4 is 0 Å². The summed E-state index contributed by atoms with van der Waals surface area (Å²) in [5.41, 5.74) is 2.73. The van der Waals surface area contributed by atoms with Gasteiger partial charge in [0.2, 0.25) is 0 Å². The van der Waals surface area contributed by atoms with E-state index in [9.17, 15) is 0 Å². The highest BCUT2D eigenvalue weighted by Gasteiger charge is 2.04. The predicted octanol–water partition coefficient (Wildman–Crippen LogP) is 1.85. The Morgan fingerprint density at radius 1 is 1.78 bits per heavy atom. The quantitative estimate of drug-likeness (QED) is 0.628. The molecule has 1 radical (unpaired) electrons. The first-order valence-electron chi connectivity index (χ1n) is 3.04. The summed E-state index contributed by atoms with van der Waals surface area (Å²) in [7, 11) is 0. The SMILES string of the molecule is CCC(C)c1nn[c]s1. The van der Waals surface area contributed by atoms with E-state index < -0.39 is 0 Å². The van der Waals surface area contributed by atoms with Crippen molar-refractivity contribution in [3.05, 3.63) is 10.5 Å². The van der Waals surface area contributed by atoms with Gasteiger partial charge in [-0.05, 0) is 6.42 Å². The number of hydrogen-bond acceptors (Lipinski definition) is 3. The lowest BCUT2D eigenvalue weighted by atomic mass is 10.1. The van der Waals surface area contributed by atoms with Gasteiger partial charge in [0.15, 0.2) is 5.51 Å². The molecule has 1 atom stereocenters. The number of aromatic nitrogens is 2. The summed E-state index contributed by atoms with van der Waals surface area (Å²) < 4.78 is 0.